The van der Waals surface area contributed by atoms with Gasteiger partial charge in [0.1, 0.15) is 0 Å². The Morgan fingerprint density at radius 1 is 1.20 bits per heavy atom. The summed E-state index contributed by atoms with van der Waals surface area (Å²) in [5, 5.41) is 0. The molecular formula is C15H20. The van der Waals surface area contributed by atoms with Gasteiger partial charge in [-0.05, 0) is 43.2 Å². The zero-order chi connectivity index (χ0) is 10.7. The van der Waals surface area contributed by atoms with Crippen LogP contribution in [0.2, 0.25) is 0 Å². The molecule has 1 aromatic rings. The van der Waals surface area contributed by atoms with Gasteiger partial charge in [-0.2, -0.15) is 0 Å². The maximum Gasteiger partial charge on any atom is -0.0228 e. The number of hydrogen-bond donors (Lipinski definition) is 0. The van der Waals surface area contributed by atoms with E-state index in [4.69, 9.17) is 0 Å². The molecule has 0 spiro atoms. The van der Waals surface area contributed by atoms with E-state index in [1.807, 2.05) is 0 Å². The van der Waals surface area contributed by atoms with Crippen molar-refractivity contribution in [2.24, 2.45) is 5.92 Å². The van der Waals surface area contributed by atoms with E-state index in [1.54, 1.807) is 5.57 Å². The second-order valence-corrected chi connectivity index (χ2v) is 4.64. The van der Waals surface area contributed by atoms with E-state index >= 15 is 0 Å². The highest BCUT2D eigenvalue weighted by atomic mass is 14.2. The van der Waals surface area contributed by atoms with Gasteiger partial charge in [-0.3, -0.25) is 0 Å². The summed E-state index contributed by atoms with van der Waals surface area (Å²) in [6.45, 7) is 4.45. The highest BCUT2D eigenvalue weighted by molar-refractivity contribution is 5.66. The third-order valence-corrected chi connectivity index (χ3v) is 3.52. The van der Waals surface area contributed by atoms with Crippen molar-refractivity contribution in [1.82, 2.24) is 0 Å². The van der Waals surface area contributed by atoms with Crippen molar-refractivity contribution < 1.29 is 0 Å². The molecule has 0 fully saturated rings. The summed E-state index contributed by atoms with van der Waals surface area (Å²) in [6, 6.07) is 8.94. The minimum atomic E-state index is 0.930. The molecule has 1 aliphatic rings. The van der Waals surface area contributed by atoms with Gasteiger partial charge < -0.3 is 0 Å². The van der Waals surface area contributed by atoms with E-state index in [-0.39, 0.29) is 0 Å². The van der Waals surface area contributed by atoms with Gasteiger partial charge in [0, 0.05) is 0 Å². The normalized spacial score (nSPS) is 21.2. The highest BCUT2D eigenvalue weighted by Gasteiger charge is 2.13. The largest absolute Gasteiger partial charge is 0.0804 e. The zero-order valence-electron chi connectivity index (χ0n) is 9.79. The zero-order valence-corrected chi connectivity index (χ0v) is 9.79. The molecule has 15 heavy (non-hydrogen) atoms. The topological polar surface area (TPSA) is 0 Å². The molecule has 1 aliphatic carbocycles. The lowest BCUT2D eigenvalue weighted by Gasteiger charge is -2.20. The summed E-state index contributed by atoms with van der Waals surface area (Å²) in [4.78, 5) is 0. The molecule has 0 radical (unpaired) electrons. The fraction of sp³-hybridized carbons (Fsp3) is 0.467. The quantitative estimate of drug-likeness (QED) is 0.655. The molecule has 80 valence electrons. The van der Waals surface area contributed by atoms with Crippen molar-refractivity contribution >= 4 is 5.57 Å². The van der Waals surface area contributed by atoms with Crippen LogP contribution in [-0.2, 0) is 0 Å². The molecule has 0 aliphatic heterocycles. The van der Waals surface area contributed by atoms with Crippen molar-refractivity contribution in [3.8, 4) is 0 Å². The summed E-state index contributed by atoms with van der Waals surface area (Å²) in [5.74, 6) is 0.930. The summed E-state index contributed by atoms with van der Waals surface area (Å²) >= 11 is 0. The van der Waals surface area contributed by atoms with E-state index in [2.05, 4.69) is 44.2 Å². The average molecular weight is 200 g/mol. The Morgan fingerprint density at radius 2 is 1.93 bits per heavy atom. The van der Waals surface area contributed by atoms with E-state index < -0.39 is 0 Å². The number of benzene rings is 1. The fourth-order valence-electron chi connectivity index (χ4n) is 2.29. The van der Waals surface area contributed by atoms with Crippen LogP contribution in [0.1, 0.15) is 43.7 Å². The minimum Gasteiger partial charge on any atom is -0.0804 e. The van der Waals surface area contributed by atoms with E-state index in [0.29, 0.717) is 0 Å². The summed E-state index contributed by atoms with van der Waals surface area (Å²) < 4.78 is 0. The van der Waals surface area contributed by atoms with Crippen LogP contribution in [0.15, 0.2) is 30.3 Å². The van der Waals surface area contributed by atoms with Crippen LogP contribution in [-0.4, -0.2) is 0 Å². The molecule has 0 heteroatoms. The Kier molecular flexibility index (Phi) is 3.25. The first-order chi connectivity index (χ1) is 7.29. The van der Waals surface area contributed by atoms with Crippen molar-refractivity contribution in [3.05, 3.63) is 41.5 Å². The fourth-order valence-corrected chi connectivity index (χ4v) is 2.29. The lowest BCUT2D eigenvalue weighted by molar-refractivity contribution is 0.471. The molecule has 0 N–H and O–H groups in total. The van der Waals surface area contributed by atoms with Crippen molar-refractivity contribution in [2.75, 3.05) is 0 Å². The molecule has 0 aromatic heterocycles. The minimum absolute atomic E-state index is 0.930. The third-order valence-electron chi connectivity index (χ3n) is 3.52. The van der Waals surface area contributed by atoms with Gasteiger partial charge in [0.05, 0.1) is 0 Å². The van der Waals surface area contributed by atoms with Crippen molar-refractivity contribution in [3.63, 3.8) is 0 Å². The maximum atomic E-state index is 2.45. The summed E-state index contributed by atoms with van der Waals surface area (Å²) in [5.41, 5.74) is 4.33. The van der Waals surface area contributed by atoms with E-state index in [9.17, 15) is 0 Å². The van der Waals surface area contributed by atoms with E-state index in [0.717, 1.165) is 5.92 Å². The van der Waals surface area contributed by atoms with Gasteiger partial charge in [-0.15, -0.1) is 0 Å². The molecule has 0 heterocycles. The Labute approximate surface area is 93.0 Å². The molecule has 0 saturated heterocycles. The van der Waals surface area contributed by atoms with Crippen LogP contribution in [0.25, 0.3) is 5.57 Å². The van der Waals surface area contributed by atoms with Crippen LogP contribution in [0.4, 0.5) is 0 Å². The van der Waals surface area contributed by atoms with Gasteiger partial charge >= 0.3 is 0 Å². The molecule has 0 amide bonds. The Bertz CT molecular complexity index is 343. The highest BCUT2D eigenvalue weighted by Crippen LogP contribution is 2.31. The first-order valence-corrected chi connectivity index (χ1v) is 6.05. The van der Waals surface area contributed by atoms with Gasteiger partial charge in [0.25, 0.3) is 0 Å². The van der Waals surface area contributed by atoms with Gasteiger partial charge in [-0.1, -0.05) is 49.2 Å². The van der Waals surface area contributed by atoms with Crippen LogP contribution in [0, 0.1) is 12.8 Å². The SMILES string of the molecule is CCC1CC=C(c2ccc(C)cc2)CC1. The van der Waals surface area contributed by atoms with Crippen molar-refractivity contribution in [2.45, 2.75) is 39.5 Å². The molecule has 2 rings (SSSR count). The Morgan fingerprint density at radius 3 is 2.47 bits per heavy atom. The smallest absolute Gasteiger partial charge is 0.0228 e. The molecule has 1 atom stereocenters. The van der Waals surface area contributed by atoms with Gasteiger partial charge in [0.2, 0.25) is 0 Å². The first kappa shape index (κ1) is 10.5. The molecule has 0 nitrogen and oxygen atoms in total. The number of aryl methyl sites for hydroxylation is 1. The maximum absolute atomic E-state index is 2.45. The van der Waals surface area contributed by atoms with Gasteiger partial charge in [0.15, 0.2) is 0 Å². The van der Waals surface area contributed by atoms with Crippen LogP contribution >= 0.6 is 0 Å². The molecule has 0 saturated carbocycles. The predicted molar refractivity (Wildman–Crippen MR) is 66.8 cm³/mol. The van der Waals surface area contributed by atoms with Crippen molar-refractivity contribution in [1.29, 1.82) is 0 Å². The monoisotopic (exact) mass is 200 g/mol. The number of allylic oxidation sites excluding steroid dienone is 2. The third kappa shape index (κ3) is 2.50. The second kappa shape index (κ2) is 4.65. The summed E-state index contributed by atoms with van der Waals surface area (Å²) in [7, 11) is 0. The predicted octanol–water partition coefficient (Wildman–Crippen LogP) is 4.59. The molecule has 0 bridgehead atoms. The van der Waals surface area contributed by atoms with Crippen LogP contribution < -0.4 is 0 Å². The first-order valence-electron chi connectivity index (χ1n) is 6.05. The molecule has 1 unspecified atom stereocenters. The lowest BCUT2D eigenvalue weighted by Crippen LogP contribution is -2.03. The number of rotatable bonds is 2. The van der Waals surface area contributed by atoms with E-state index in [1.165, 1.54) is 36.8 Å². The Hall–Kier alpha value is -1.04. The second-order valence-electron chi connectivity index (χ2n) is 4.64. The lowest BCUT2D eigenvalue weighted by atomic mass is 9.85. The van der Waals surface area contributed by atoms with Crippen LogP contribution in [0.3, 0.4) is 0 Å². The van der Waals surface area contributed by atoms with Gasteiger partial charge in [-0.25, -0.2) is 0 Å². The Balaban J connectivity index is 2.12. The number of hydrogen-bond acceptors (Lipinski definition) is 0. The average Bonchev–Trinajstić information content (AvgIpc) is 2.30. The molecule has 1 aromatic carbocycles. The molecular weight excluding hydrogens is 180 g/mol. The standard InChI is InChI=1S/C15H20/c1-3-13-6-10-15(11-7-13)14-8-4-12(2)5-9-14/h4-5,8-10,13H,3,6-7,11H2,1-2H3. The summed E-state index contributed by atoms with van der Waals surface area (Å²) in [6.07, 6.45) is 7.69. The van der Waals surface area contributed by atoms with Crippen LogP contribution in [0.5, 0.6) is 0 Å².